The number of amides is 1. The van der Waals surface area contributed by atoms with Crippen LogP contribution in [0.25, 0.3) is 32.5 Å². The van der Waals surface area contributed by atoms with E-state index in [1.807, 2.05) is 31.2 Å². The van der Waals surface area contributed by atoms with Crippen molar-refractivity contribution in [2.45, 2.75) is 20.4 Å². The van der Waals surface area contributed by atoms with Crippen LogP contribution in [0, 0.1) is 6.92 Å². The quantitative estimate of drug-likeness (QED) is 0.187. The first-order valence-corrected chi connectivity index (χ1v) is 14.7. The number of anilines is 1. The third-order valence-corrected chi connectivity index (χ3v) is 8.67. The van der Waals surface area contributed by atoms with Crippen molar-refractivity contribution in [3.8, 4) is 22.3 Å². The average Bonchev–Trinajstić information content (AvgIpc) is 3.48. The summed E-state index contributed by atoms with van der Waals surface area (Å²) in [6.45, 7) is 3.58. The van der Waals surface area contributed by atoms with E-state index in [1.54, 1.807) is 36.6 Å². The fourth-order valence-electron chi connectivity index (χ4n) is 4.23. The summed E-state index contributed by atoms with van der Waals surface area (Å²) < 4.78 is 7.49. The molecule has 0 spiro atoms. The number of rotatable bonds is 7. The minimum absolute atomic E-state index is 0.184. The van der Waals surface area contributed by atoms with Gasteiger partial charge in [-0.2, -0.15) is 0 Å². The zero-order valence-electron chi connectivity index (χ0n) is 20.8. The van der Waals surface area contributed by atoms with Gasteiger partial charge in [-0.05, 0) is 49.2 Å². The number of ether oxygens (including phenoxy) is 1. The molecule has 0 aliphatic carbocycles. The second kappa shape index (κ2) is 11.4. The third-order valence-electron chi connectivity index (χ3n) is 5.98. The molecule has 0 saturated carbocycles. The fourth-order valence-corrected chi connectivity index (χ4v) is 6.60. The van der Waals surface area contributed by atoms with Gasteiger partial charge in [-0.1, -0.05) is 51.8 Å². The van der Waals surface area contributed by atoms with Crippen LogP contribution in [0.5, 0.6) is 0 Å². The van der Waals surface area contributed by atoms with Crippen LogP contribution in [-0.4, -0.2) is 28.0 Å². The normalized spacial score (nSPS) is 11.1. The van der Waals surface area contributed by atoms with Gasteiger partial charge < -0.3 is 10.1 Å². The molecule has 0 bridgehead atoms. The Hall–Kier alpha value is -3.31. The number of thiophene rings is 2. The van der Waals surface area contributed by atoms with E-state index in [9.17, 15) is 14.4 Å². The summed E-state index contributed by atoms with van der Waals surface area (Å²) >= 11 is 12.1. The summed E-state index contributed by atoms with van der Waals surface area (Å²) in [6.07, 6.45) is 1.38. The highest BCUT2D eigenvalue weighted by Crippen LogP contribution is 2.37. The zero-order valence-corrected chi connectivity index (χ0v) is 24.8. The number of halogens is 2. The first-order chi connectivity index (χ1) is 18.8. The monoisotopic (exact) mass is 641 g/mol. The highest BCUT2D eigenvalue weighted by molar-refractivity contribution is 9.10. The van der Waals surface area contributed by atoms with Crippen molar-refractivity contribution in [2.75, 3.05) is 11.9 Å². The molecule has 0 unspecified atom stereocenters. The predicted octanol–water partition coefficient (Wildman–Crippen LogP) is 7.39. The first-order valence-electron chi connectivity index (χ1n) is 11.9. The number of hydrogen-bond acceptors (Lipinski definition) is 7. The first kappa shape index (κ1) is 27.3. The summed E-state index contributed by atoms with van der Waals surface area (Å²) in [5, 5.41) is 5.96. The lowest BCUT2D eigenvalue weighted by Gasteiger charge is -2.10. The van der Waals surface area contributed by atoms with Crippen molar-refractivity contribution >= 4 is 77.3 Å². The van der Waals surface area contributed by atoms with E-state index >= 15 is 0 Å². The van der Waals surface area contributed by atoms with E-state index in [0.29, 0.717) is 25.8 Å². The summed E-state index contributed by atoms with van der Waals surface area (Å²) in [5.74, 6) is -1.02. The molecule has 3 aromatic heterocycles. The van der Waals surface area contributed by atoms with Crippen LogP contribution in [0.1, 0.15) is 22.2 Å². The van der Waals surface area contributed by atoms with Crippen molar-refractivity contribution in [3.63, 3.8) is 0 Å². The van der Waals surface area contributed by atoms with Gasteiger partial charge in [-0.15, -0.1) is 22.7 Å². The van der Waals surface area contributed by atoms with Gasteiger partial charge in [0.05, 0.1) is 18.3 Å². The third kappa shape index (κ3) is 5.56. The fraction of sp³-hybridized carbons (Fsp3) is 0.143. The molecule has 39 heavy (non-hydrogen) atoms. The zero-order chi connectivity index (χ0) is 27.7. The van der Waals surface area contributed by atoms with Crippen molar-refractivity contribution in [3.05, 3.63) is 90.5 Å². The molecule has 3 heterocycles. The molecular formula is C28H21BrClN3O4S2. The largest absolute Gasteiger partial charge is 0.462 e. The SMILES string of the molecule is CCOC(=O)c1c(-c2ccc(Cl)cc2)csc1NC(=O)Cn1cnc2sc(C)c(-c3ccc(Br)cc3)c2c1=O. The van der Waals surface area contributed by atoms with Gasteiger partial charge in [0.15, 0.2) is 0 Å². The minimum atomic E-state index is -0.549. The Morgan fingerprint density at radius 2 is 1.79 bits per heavy atom. The van der Waals surface area contributed by atoms with Crippen LogP contribution in [0.15, 0.2) is 69.5 Å². The Kier molecular flexibility index (Phi) is 7.99. The van der Waals surface area contributed by atoms with E-state index < -0.39 is 11.9 Å². The second-order valence-electron chi connectivity index (χ2n) is 8.53. The van der Waals surface area contributed by atoms with Crippen LogP contribution in [-0.2, 0) is 16.1 Å². The summed E-state index contributed by atoms with van der Waals surface area (Å²) in [5.41, 5.74) is 3.04. The number of nitrogens with one attached hydrogen (secondary N) is 1. The van der Waals surface area contributed by atoms with Gasteiger partial charge in [0.25, 0.3) is 5.56 Å². The van der Waals surface area contributed by atoms with Gasteiger partial charge in [0.1, 0.15) is 21.9 Å². The number of carbonyl (C=O) groups excluding carboxylic acids is 2. The lowest BCUT2D eigenvalue weighted by molar-refractivity contribution is -0.116. The van der Waals surface area contributed by atoms with Gasteiger partial charge in [-0.25, -0.2) is 9.78 Å². The molecule has 1 N–H and O–H groups in total. The molecule has 5 aromatic rings. The van der Waals surface area contributed by atoms with E-state index in [0.717, 1.165) is 26.0 Å². The Morgan fingerprint density at radius 1 is 1.10 bits per heavy atom. The van der Waals surface area contributed by atoms with Crippen LogP contribution in [0.2, 0.25) is 5.02 Å². The maximum atomic E-state index is 13.5. The van der Waals surface area contributed by atoms with E-state index in [1.165, 1.54) is 33.6 Å². The van der Waals surface area contributed by atoms with Crippen LogP contribution >= 0.6 is 50.2 Å². The summed E-state index contributed by atoms with van der Waals surface area (Å²) in [7, 11) is 0. The Labute approximate surface area is 245 Å². The number of nitrogens with zero attached hydrogens (tertiary/aromatic N) is 2. The highest BCUT2D eigenvalue weighted by Gasteiger charge is 2.24. The molecule has 0 radical (unpaired) electrons. The Bertz CT molecular complexity index is 1760. The molecule has 5 rings (SSSR count). The number of benzene rings is 2. The van der Waals surface area contributed by atoms with Gasteiger partial charge in [-0.3, -0.25) is 14.2 Å². The summed E-state index contributed by atoms with van der Waals surface area (Å²) in [4.78, 5) is 45.6. The number of aromatic nitrogens is 2. The van der Waals surface area contributed by atoms with Gasteiger partial charge >= 0.3 is 5.97 Å². The number of esters is 1. The number of fused-ring (bicyclic) bond motifs is 1. The molecule has 1 amide bonds. The van der Waals surface area contributed by atoms with Crippen LogP contribution in [0.3, 0.4) is 0 Å². The molecule has 0 aliphatic rings. The van der Waals surface area contributed by atoms with Gasteiger partial charge in [0, 0.05) is 30.9 Å². The molecule has 0 aliphatic heterocycles. The molecular weight excluding hydrogens is 622 g/mol. The maximum Gasteiger partial charge on any atom is 0.341 e. The predicted molar refractivity (Wildman–Crippen MR) is 161 cm³/mol. The smallest absolute Gasteiger partial charge is 0.341 e. The Balaban J connectivity index is 1.47. The molecule has 198 valence electrons. The standard InChI is InChI=1S/C28H21BrClN3O4S2/c1-3-37-28(36)23-20(16-6-10-19(30)11-7-16)13-38-26(23)32-21(34)12-33-14-31-25-24(27(33)35)22(15(2)39-25)17-4-8-18(29)9-5-17/h4-11,13-14H,3,12H2,1-2H3,(H,32,34). The lowest BCUT2D eigenvalue weighted by Crippen LogP contribution is -2.28. The van der Waals surface area contributed by atoms with Crippen molar-refractivity contribution in [2.24, 2.45) is 0 Å². The second-order valence-corrected chi connectivity index (χ2v) is 12.0. The van der Waals surface area contributed by atoms with Gasteiger partial charge in [0.2, 0.25) is 5.91 Å². The maximum absolute atomic E-state index is 13.5. The molecule has 2 aromatic carbocycles. The minimum Gasteiger partial charge on any atom is -0.462 e. The molecule has 0 atom stereocenters. The molecule has 11 heteroatoms. The molecule has 0 fully saturated rings. The highest BCUT2D eigenvalue weighted by atomic mass is 79.9. The Morgan fingerprint density at radius 3 is 2.49 bits per heavy atom. The molecule has 0 saturated heterocycles. The molecule has 7 nitrogen and oxygen atoms in total. The number of hydrogen-bond donors (Lipinski definition) is 1. The number of carbonyl (C=O) groups is 2. The lowest BCUT2D eigenvalue weighted by atomic mass is 10.0. The van der Waals surface area contributed by atoms with E-state index in [-0.39, 0.29) is 24.3 Å². The average molecular weight is 643 g/mol. The van der Waals surface area contributed by atoms with Crippen molar-refractivity contribution < 1.29 is 14.3 Å². The number of aryl methyl sites for hydroxylation is 1. The topological polar surface area (TPSA) is 90.3 Å². The summed E-state index contributed by atoms with van der Waals surface area (Å²) in [6, 6.07) is 14.8. The van der Waals surface area contributed by atoms with Crippen molar-refractivity contribution in [1.82, 2.24) is 9.55 Å². The van der Waals surface area contributed by atoms with Crippen LogP contribution in [0.4, 0.5) is 5.00 Å². The van der Waals surface area contributed by atoms with Crippen molar-refractivity contribution in [1.29, 1.82) is 0 Å². The van der Waals surface area contributed by atoms with E-state index in [2.05, 4.69) is 26.2 Å². The van der Waals surface area contributed by atoms with Crippen LogP contribution < -0.4 is 10.9 Å². The van der Waals surface area contributed by atoms with E-state index in [4.69, 9.17) is 16.3 Å².